The molecule has 4 nitrogen and oxygen atoms in total. The van der Waals surface area contributed by atoms with Crippen LogP contribution in [0.15, 0.2) is 11.8 Å². The van der Waals surface area contributed by atoms with Gasteiger partial charge in [-0.1, -0.05) is 45.4 Å². The van der Waals surface area contributed by atoms with E-state index in [1.165, 1.54) is 25.7 Å². The minimum absolute atomic E-state index is 0.183. The summed E-state index contributed by atoms with van der Waals surface area (Å²) in [6.45, 7) is 4.01. The molecule has 1 N–H and O–H groups in total. The standard InChI is InChI=1S/C15H26O4/c1-3-5-6-7-8-9-10-11-13(16)12-14(17)15(18)19-4-2/h12,17H,3-11H2,1-2H3/b14-12+. The first kappa shape index (κ1) is 17.7. The number of ketones is 1. The van der Waals surface area contributed by atoms with Gasteiger partial charge in [0, 0.05) is 12.5 Å². The molecule has 0 amide bonds. The highest BCUT2D eigenvalue weighted by molar-refractivity contribution is 5.97. The molecule has 0 saturated carbocycles. The van der Waals surface area contributed by atoms with Gasteiger partial charge in [-0.05, 0) is 13.3 Å². The third kappa shape index (κ3) is 10.3. The van der Waals surface area contributed by atoms with Crippen molar-refractivity contribution < 1.29 is 19.4 Å². The normalized spacial score (nSPS) is 11.4. The minimum Gasteiger partial charge on any atom is -0.502 e. The summed E-state index contributed by atoms with van der Waals surface area (Å²) in [6, 6.07) is 0. The zero-order chi connectivity index (χ0) is 14.5. The topological polar surface area (TPSA) is 63.6 Å². The van der Waals surface area contributed by atoms with Gasteiger partial charge in [0.15, 0.2) is 5.78 Å². The number of aliphatic hydroxyl groups excluding tert-OH is 1. The van der Waals surface area contributed by atoms with Gasteiger partial charge in [-0.15, -0.1) is 0 Å². The second-order valence-electron chi connectivity index (χ2n) is 4.59. The average molecular weight is 270 g/mol. The van der Waals surface area contributed by atoms with E-state index in [0.29, 0.717) is 6.42 Å². The molecule has 0 aromatic carbocycles. The van der Waals surface area contributed by atoms with Gasteiger partial charge in [0.25, 0.3) is 0 Å². The van der Waals surface area contributed by atoms with Crippen molar-refractivity contribution in [1.29, 1.82) is 0 Å². The van der Waals surface area contributed by atoms with Crippen molar-refractivity contribution in [3.8, 4) is 0 Å². The Kier molecular flexibility index (Phi) is 10.9. The van der Waals surface area contributed by atoms with Crippen LogP contribution in [0.4, 0.5) is 0 Å². The third-order valence-corrected chi connectivity index (χ3v) is 2.81. The first-order valence-corrected chi connectivity index (χ1v) is 7.22. The lowest BCUT2D eigenvalue weighted by atomic mass is 10.1. The average Bonchev–Trinajstić information content (AvgIpc) is 2.38. The van der Waals surface area contributed by atoms with Crippen molar-refractivity contribution in [1.82, 2.24) is 0 Å². The van der Waals surface area contributed by atoms with Gasteiger partial charge in [0.2, 0.25) is 5.76 Å². The van der Waals surface area contributed by atoms with Crippen molar-refractivity contribution in [2.75, 3.05) is 6.61 Å². The largest absolute Gasteiger partial charge is 0.502 e. The molecular formula is C15H26O4. The predicted molar refractivity (Wildman–Crippen MR) is 75.0 cm³/mol. The van der Waals surface area contributed by atoms with Crippen LogP contribution in [0, 0.1) is 0 Å². The van der Waals surface area contributed by atoms with Gasteiger partial charge >= 0.3 is 5.97 Å². The lowest BCUT2D eigenvalue weighted by molar-refractivity contribution is -0.141. The fraction of sp³-hybridized carbons (Fsp3) is 0.733. The highest BCUT2D eigenvalue weighted by Crippen LogP contribution is 2.09. The maximum Gasteiger partial charge on any atom is 0.373 e. The van der Waals surface area contributed by atoms with Crippen LogP contribution in [0.5, 0.6) is 0 Å². The molecule has 0 saturated heterocycles. The summed E-state index contributed by atoms with van der Waals surface area (Å²) >= 11 is 0. The van der Waals surface area contributed by atoms with Gasteiger partial charge in [-0.3, -0.25) is 4.79 Å². The molecule has 0 heterocycles. The quantitative estimate of drug-likeness (QED) is 0.269. The van der Waals surface area contributed by atoms with E-state index in [2.05, 4.69) is 11.7 Å². The molecule has 0 unspecified atom stereocenters. The second-order valence-corrected chi connectivity index (χ2v) is 4.59. The van der Waals surface area contributed by atoms with Crippen molar-refractivity contribution in [3.05, 3.63) is 11.8 Å². The maximum absolute atomic E-state index is 11.5. The third-order valence-electron chi connectivity index (χ3n) is 2.81. The summed E-state index contributed by atoms with van der Waals surface area (Å²) < 4.78 is 4.58. The Morgan fingerprint density at radius 3 is 2.16 bits per heavy atom. The summed E-state index contributed by atoms with van der Waals surface area (Å²) in [6.07, 6.45) is 9.28. The Bertz CT molecular complexity index is 295. The van der Waals surface area contributed by atoms with E-state index in [4.69, 9.17) is 0 Å². The number of aliphatic hydroxyl groups is 1. The molecule has 4 heteroatoms. The molecule has 0 aliphatic heterocycles. The van der Waals surface area contributed by atoms with Gasteiger partial charge < -0.3 is 9.84 Å². The molecule has 0 radical (unpaired) electrons. The Labute approximate surface area is 115 Å². The Balaban J connectivity index is 3.69. The monoisotopic (exact) mass is 270 g/mol. The molecule has 0 fully saturated rings. The molecule has 0 bridgehead atoms. The van der Waals surface area contributed by atoms with E-state index in [0.717, 1.165) is 25.3 Å². The van der Waals surface area contributed by atoms with Gasteiger partial charge in [-0.25, -0.2) is 4.79 Å². The number of hydrogen-bond donors (Lipinski definition) is 1. The first-order chi connectivity index (χ1) is 9.11. The molecular weight excluding hydrogens is 244 g/mol. The molecule has 19 heavy (non-hydrogen) atoms. The zero-order valence-corrected chi connectivity index (χ0v) is 12.1. The van der Waals surface area contributed by atoms with E-state index in [1.54, 1.807) is 6.92 Å². The van der Waals surface area contributed by atoms with Gasteiger partial charge in [0.05, 0.1) is 6.61 Å². The SMILES string of the molecule is CCCCCCCCCC(=O)/C=C(/O)C(=O)OCC. The molecule has 0 rings (SSSR count). The van der Waals surface area contributed by atoms with Crippen LogP contribution < -0.4 is 0 Å². The van der Waals surface area contributed by atoms with Crippen LogP contribution in [0.1, 0.15) is 65.2 Å². The van der Waals surface area contributed by atoms with Gasteiger partial charge in [-0.2, -0.15) is 0 Å². The summed E-state index contributed by atoms with van der Waals surface area (Å²) in [5.41, 5.74) is 0. The molecule has 110 valence electrons. The molecule has 0 aliphatic carbocycles. The second kappa shape index (κ2) is 11.8. The summed E-state index contributed by atoms with van der Waals surface area (Å²) in [7, 11) is 0. The van der Waals surface area contributed by atoms with E-state index in [-0.39, 0.29) is 12.4 Å². The number of esters is 1. The number of carbonyl (C=O) groups is 2. The van der Waals surface area contributed by atoms with Crippen LogP contribution in [-0.4, -0.2) is 23.5 Å². The molecule has 0 aromatic rings. The van der Waals surface area contributed by atoms with Crippen molar-refractivity contribution in [2.24, 2.45) is 0 Å². The van der Waals surface area contributed by atoms with Crippen LogP contribution in [-0.2, 0) is 14.3 Å². The number of ether oxygens (including phenoxy) is 1. The van der Waals surface area contributed by atoms with Crippen LogP contribution >= 0.6 is 0 Å². The number of allylic oxidation sites excluding steroid dienone is 1. The van der Waals surface area contributed by atoms with Crippen molar-refractivity contribution in [2.45, 2.75) is 65.2 Å². The predicted octanol–water partition coefficient (Wildman–Crippen LogP) is 3.70. The summed E-state index contributed by atoms with van der Waals surface area (Å²) in [4.78, 5) is 22.5. The first-order valence-electron chi connectivity index (χ1n) is 7.22. The molecule has 0 aliphatic rings. The molecule has 0 atom stereocenters. The van der Waals surface area contributed by atoms with Gasteiger partial charge in [0.1, 0.15) is 0 Å². The maximum atomic E-state index is 11.5. The number of unbranched alkanes of at least 4 members (excludes halogenated alkanes) is 6. The minimum atomic E-state index is -0.838. The smallest absolute Gasteiger partial charge is 0.373 e. The van der Waals surface area contributed by atoms with E-state index in [9.17, 15) is 14.7 Å². The summed E-state index contributed by atoms with van der Waals surface area (Å²) in [5.74, 6) is -1.66. The van der Waals surface area contributed by atoms with Crippen LogP contribution in [0.25, 0.3) is 0 Å². The van der Waals surface area contributed by atoms with Crippen LogP contribution in [0.2, 0.25) is 0 Å². The van der Waals surface area contributed by atoms with E-state index in [1.807, 2.05) is 0 Å². The Morgan fingerprint density at radius 2 is 1.58 bits per heavy atom. The Morgan fingerprint density at radius 1 is 1.00 bits per heavy atom. The highest BCUT2D eigenvalue weighted by atomic mass is 16.5. The zero-order valence-electron chi connectivity index (χ0n) is 12.1. The van der Waals surface area contributed by atoms with Crippen LogP contribution in [0.3, 0.4) is 0 Å². The highest BCUT2D eigenvalue weighted by Gasteiger charge is 2.10. The molecule has 0 spiro atoms. The fourth-order valence-electron chi connectivity index (χ4n) is 1.74. The molecule has 0 aromatic heterocycles. The number of hydrogen-bond acceptors (Lipinski definition) is 4. The number of rotatable bonds is 11. The van der Waals surface area contributed by atoms with Crippen molar-refractivity contribution >= 4 is 11.8 Å². The fourth-order valence-corrected chi connectivity index (χ4v) is 1.74. The van der Waals surface area contributed by atoms with E-state index < -0.39 is 11.7 Å². The lowest BCUT2D eigenvalue weighted by Gasteiger charge is -2.01. The number of carbonyl (C=O) groups excluding carboxylic acids is 2. The Hall–Kier alpha value is -1.32. The summed E-state index contributed by atoms with van der Waals surface area (Å²) in [5, 5.41) is 9.28. The lowest BCUT2D eigenvalue weighted by Crippen LogP contribution is -2.09. The van der Waals surface area contributed by atoms with E-state index >= 15 is 0 Å². The van der Waals surface area contributed by atoms with Crippen molar-refractivity contribution in [3.63, 3.8) is 0 Å².